The maximum absolute atomic E-state index is 10.9. The Balaban J connectivity index is 3.35. The monoisotopic (exact) mass is 300 g/mol. The van der Waals surface area contributed by atoms with Gasteiger partial charge >= 0.3 is 0 Å². The molecule has 0 saturated heterocycles. The largest absolute Gasteiger partial charge is 0.507 e. The predicted octanol–water partition coefficient (Wildman–Crippen LogP) is 3.55. The van der Waals surface area contributed by atoms with Crippen LogP contribution in [0.4, 0.5) is 0 Å². The second kappa shape index (κ2) is 4.84. The molecular formula is C9H7Cl3O3S. The van der Waals surface area contributed by atoms with E-state index in [1.165, 1.54) is 12.1 Å². The highest BCUT2D eigenvalue weighted by molar-refractivity contribution is 7.93. The van der Waals surface area contributed by atoms with Gasteiger partial charge in [-0.25, -0.2) is 8.42 Å². The highest BCUT2D eigenvalue weighted by Gasteiger charge is 2.11. The molecule has 0 atom stereocenters. The van der Waals surface area contributed by atoms with E-state index < -0.39 is 15.6 Å². The first kappa shape index (κ1) is 13.6. The maximum Gasteiger partial charge on any atom is 0.172 e. The molecule has 1 rings (SSSR count). The molecule has 0 aliphatic rings. The molecule has 1 aromatic rings. The van der Waals surface area contributed by atoms with Crippen molar-refractivity contribution in [2.24, 2.45) is 0 Å². The van der Waals surface area contributed by atoms with Gasteiger partial charge in [-0.05, 0) is 12.1 Å². The van der Waals surface area contributed by atoms with E-state index in [2.05, 4.69) is 0 Å². The van der Waals surface area contributed by atoms with Crippen LogP contribution < -0.4 is 0 Å². The molecule has 0 unspecified atom stereocenters. The van der Waals surface area contributed by atoms with Crippen LogP contribution in [-0.2, 0) is 9.84 Å². The Morgan fingerprint density at radius 3 is 2.19 bits per heavy atom. The zero-order valence-corrected chi connectivity index (χ0v) is 11.1. The molecule has 0 radical (unpaired) electrons. The number of hydrogen-bond acceptors (Lipinski definition) is 3. The zero-order valence-electron chi connectivity index (χ0n) is 8.04. The van der Waals surface area contributed by atoms with Crippen molar-refractivity contribution < 1.29 is 13.5 Å². The van der Waals surface area contributed by atoms with Crippen molar-refractivity contribution in [3.05, 3.63) is 38.2 Å². The van der Waals surface area contributed by atoms with Crippen LogP contribution in [0.15, 0.2) is 17.5 Å². The first-order valence-electron chi connectivity index (χ1n) is 3.96. The minimum atomic E-state index is -3.46. The van der Waals surface area contributed by atoms with Crippen molar-refractivity contribution in [1.29, 1.82) is 0 Å². The van der Waals surface area contributed by atoms with E-state index in [-0.39, 0.29) is 20.6 Å². The number of benzene rings is 1. The summed E-state index contributed by atoms with van der Waals surface area (Å²) < 4.78 is 21.9. The van der Waals surface area contributed by atoms with Gasteiger partial charge in [-0.2, -0.15) is 0 Å². The van der Waals surface area contributed by atoms with E-state index in [0.717, 1.165) is 6.26 Å². The molecular weight excluding hydrogens is 295 g/mol. The van der Waals surface area contributed by atoms with Crippen LogP contribution in [0.25, 0.3) is 5.76 Å². The van der Waals surface area contributed by atoms with Crippen molar-refractivity contribution in [3.63, 3.8) is 0 Å². The van der Waals surface area contributed by atoms with Gasteiger partial charge in [0.15, 0.2) is 9.84 Å². The minimum absolute atomic E-state index is 0.112. The molecule has 0 aliphatic heterocycles. The van der Waals surface area contributed by atoms with E-state index >= 15 is 0 Å². The summed E-state index contributed by atoms with van der Waals surface area (Å²) in [5, 5.41) is 10.8. The predicted molar refractivity (Wildman–Crippen MR) is 66.9 cm³/mol. The van der Waals surface area contributed by atoms with Gasteiger partial charge in [0.2, 0.25) is 0 Å². The lowest BCUT2D eigenvalue weighted by Crippen LogP contribution is -1.93. The second-order valence-electron chi connectivity index (χ2n) is 3.08. The fourth-order valence-electron chi connectivity index (χ4n) is 0.985. The Morgan fingerprint density at radius 1 is 1.19 bits per heavy atom. The molecule has 88 valence electrons. The fraction of sp³-hybridized carbons (Fsp3) is 0.111. The number of hydrogen-bond donors (Lipinski definition) is 1. The van der Waals surface area contributed by atoms with Gasteiger partial charge in [0.1, 0.15) is 5.76 Å². The van der Waals surface area contributed by atoms with Crippen LogP contribution in [0.3, 0.4) is 0 Å². The normalized spacial score (nSPS) is 12.9. The smallest absolute Gasteiger partial charge is 0.172 e. The molecule has 0 bridgehead atoms. The Hall–Kier alpha value is -0.420. The molecule has 7 heteroatoms. The van der Waals surface area contributed by atoms with Crippen molar-refractivity contribution in [2.45, 2.75) is 0 Å². The summed E-state index contributed by atoms with van der Waals surface area (Å²) in [5.74, 6) is -0.480. The van der Waals surface area contributed by atoms with Crippen LogP contribution in [0, 0.1) is 0 Å². The third kappa shape index (κ3) is 3.56. The summed E-state index contributed by atoms with van der Waals surface area (Å²) in [6.45, 7) is 0. The standard InChI is InChI=1S/C9H7Cl3O3S/c1-16(14,15)4-9(13)5-2-7(11)8(12)3-6(5)10/h2-4,13H,1H3/b9-4-. The lowest BCUT2D eigenvalue weighted by molar-refractivity contribution is 0.512. The first-order valence-corrected chi connectivity index (χ1v) is 7.05. The van der Waals surface area contributed by atoms with Crippen LogP contribution >= 0.6 is 34.8 Å². The van der Waals surface area contributed by atoms with Gasteiger partial charge in [0.05, 0.1) is 20.5 Å². The van der Waals surface area contributed by atoms with Crippen molar-refractivity contribution >= 4 is 50.4 Å². The summed E-state index contributed by atoms with van der Waals surface area (Å²) >= 11 is 17.2. The summed E-state index contributed by atoms with van der Waals surface area (Å²) in [7, 11) is -3.46. The van der Waals surface area contributed by atoms with Gasteiger partial charge in [0, 0.05) is 11.8 Å². The van der Waals surface area contributed by atoms with Gasteiger partial charge in [-0.15, -0.1) is 0 Å². The third-order valence-electron chi connectivity index (χ3n) is 1.61. The van der Waals surface area contributed by atoms with E-state index in [0.29, 0.717) is 5.41 Å². The number of rotatable bonds is 2. The van der Waals surface area contributed by atoms with E-state index in [9.17, 15) is 13.5 Å². The summed E-state index contributed by atoms with van der Waals surface area (Å²) in [5.41, 5.74) is 0.112. The van der Waals surface area contributed by atoms with E-state index in [4.69, 9.17) is 34.8 Å². The average molecular weight is 302 g/mol. The fourth-order valence-corrected chi connectivity index (χ4v) is 2.16. The van der Waals surface area contributed by atoms with Gasteiger partial charge < -0.3 is 5.11 Å². The second-order valence-corrected chi connectivity index (χ2v) is 6.20. The number of aliphatic hydroxyl groups is 1. The molecule has 0 aliphatic carbocycles. The summed E-state index contributed by atoms with van der Waals surface area (Å²) in [4.78, 5) is 0. The Bertz CT molecular complexity index is 549. The van der Waals surface area contributed by atoms with Gasteiger partial charge in [-0.3, -0.25) is 0 Å². The van der Waals surface area contributed by atoms with Gasteiger partial charge in [-0.1, -0.05) is 34.8 Å². The number of aliphatic hydroxyl groups excluding tert-OH is 1. The topological polar surface area (TPSA) is 54.4 Å². The number of sulfone groups is 1. The average Bonchev–Trinajstić information content (AvgIpc) is 2.08. The van der Waals surface area contributed by atoms with Crippen molar-refractivity contribution in [1.82, 2.24) is 0 Å². The molecule has 16 heavy (non-hydrogen) atoms. The van der Waals surface area contributed by atoms with Crippen LogP contribution in [0.1, 0.15) is 5.56 Å². The number of halogens is 3. The van der Waals surface area contributed by atoms with Crippen LogP contribution in [0.2, 0.25) is 15.1 Å². The highest BCUT2D eigenvalue weighted by atomic mass is 35.5. The Kier molecular flexibility index (Phi) is 4.12. The van der Waals surface area contributed by atoms with E-state index in [1.54, 1.807) is 0 Å². The molecule has 0 fully saturated rings. The first-order chi connectivity index (χ1) is 7.20. The Morgan fingerprint density at radius 2 is 1.69 bits per heavy atom. The Labute approximate surface area is 108 Å². The van der Waals surface area contributed by atoms with Crippen LogP contribution in [-0.4, -0.2) is 19.8 Å². The molecule has 0 amide bonds. The molecule has 3 nitrogen and oxygen atoms in total. The maximum atomic E-state index is 10.9. The lowest BCUT2D eigenvalue weighted by atomic mass is 10.2. The SMILES string of the molecule is CS(=O)(=O)/C=C(\O)c1cc(Cl)c(Cl)cc1Cl. The molecule has 0 spiro atoms. The molecule has 0 aromatic heterocycles. The van der Waals surface area contributed by atoms with Crippen molar-refractivity contribution in [3.8, 4) is 0 Å². The third-order valence-corrected chi connectivity index (χ3v) is 3.30. The molecule has 0 saturated carbocycles. The molecule has 1 N–H and O–H groups in total. The van der Waals surface area contributed by atoms with E-state index in [1.807, 2.05) is 0 Å². The van der Waals surface area contributed by atoms with Crippen molar-refractivity contribution in [2.75, 3.05) is 6.26 Å². The summed E-state index contributed by atoms with van der Waals surface area (Å²) in [6.07, 6.45) is 0.953. The molecule has 1 aromatic carbocycles. The lowest BCUT2D eigenvalue weighted by Gasteiger charge is -2.05. The molecule has 0 heterocycles. The van der Waals surface area contributed by atoms with Gasteiger partial charge in [0.25, 0.3) is 0 Å². The highest BCUT2D eigenvalue weighted by Crippen LogP contribution is 2.32. The summed E-state index contributed by atoms with van der Waals surface area (Å²) in [6, 6.07) is 2.62. The van der Waals surface area contributed by atoms with Crippen LogP contribution in [0.5, 0.6) is 0 Å². The quantitative estimate of drug-likeness (QED) is 0.671. The zero-order chi connectivity index (χ0) is 12.5. The minimum Gasteiger partial charge on any atom is -0.507 e.